The molecule has 0 saturated heterocycles. The third kappa shape index (κ3) is 1.83. The molecule has 82 valence electrons. The van der Waals surface area contributed by atoms with Crippen LogP contribution in [-0.2, 0) is 0 Å². The molecule has 0 aliphatic rings. The lowest BCUT2D eigenvalue weighted by Gasteiger charge is -2.01. The molecular weight excluding hydrogens is 214 g/mol. The first-order valence-electron chi connectivity index (χ1n) is 4.30. The first kappa shape index (κ1) is 10.1. The predicted octanol–water partition coefficient (Wildman–Crippen LogP) is 1.65. The van der Waals surface area contributed by atoms with E-state index in [4.69, 9.17) is 9.15 Å². The Hall–Kier alpha value is -2.44. The van der Waals surface area contributed by atoms with Crippen LogP contribution in [0, 0.1) is 10.1 Å². The fourth-order valence-corrected chi connectivity index (χ4v) is 1.23. The third-order valence-electron chi connectivity index (χ3n) is 1.94. The molecule has 16 heavy (non-hydrogen) atoms. The number of aromatic nitrogens is 2. The molecule has 1 heterocycles. The van der Waals surface area contributed by atoms with Gasteiger partial charge >= 0.3 is 0 Å². The number of rotatable bonds is 3. The number of nitro benzene ring substituents is 1. The van der Waals surface area contributed by atoms with Crippen LogP contribution in [0.4, 0.5) is 5.69 Å². The van der Waals surface area contributed by atoms with Crippen molar-refractivity contribution in [3.05, 3.63) is 34.7 Å². The number of benzene rings is 1. The Morgan fingerprint density at radius 2 is 2.25 bits per heavy atom. The molecule has 7 heteroatoms. The smallest absolute Gasteiger partial charge is 0.273 e. The average molecular weight is 221 g/mol. The van der Waals surface area contributed by atoms with Crippen LogP contribution in [0.1, 0.15) is 0 Å². The summed E-state index contributed by atoms with van der Waals surface area (Å²) in [6, 6.07) is 4.25. The minimum absolute atomic E-state index is 0.0902. The van der Waals surface area contributed by atoms with Gasteiger partial charge in [-0.15, -0.1) is 10.2 Å². The maximum atomic E-state index is 10.7. The molecule has 0 atom stereocenters. The lowest BCUT2D eigenvalue weighted by Crippen LogP contribution is -1.91. The molecule has 0 N–H and O–H groups in total. The van der Waals surface area contributed by atoms with Crippen LogP contribution < -0.4 is 4.74 Å². The van der Waals surface area contributed by atoms with Crippen molar-refractivity contribution in [1.82, 2.24) is 10.2 Å². The summed E-state index contributed by atoms with van der Waals surface area (Å²) in [5.41, 5.74) is 0.358. The normalized spacial score (nSPS) is 10.1. The first-order valence-corrected chi connectivity index (χ1v) is 4.30. The van der Waals surface area contributed by atoms with Gasteiger partial charge in [0.25, 0.3) is 5.69 Å². The van der Waals surface area contributed by atoms with Crippen molar-refractivity contribution in [2.24, 2.45) is 0 Å². The standard InChI is InChI=1S/C9H7N3O4/c1-15-8-3-6(9-11-10-5-16-9)2-7(4-8)12(13)14/h2-5H,1H3. The van der Waals surface area contributed by atoms with E-state index in [-0.39, 0.29) is 11.6 Å². The Kier molecular flexibility index (Phi) is 2.50. The number of ether oxygens (including phenoxy) is 1. The molecule has 0 bridgehead atoms. The van der Waals surface area contributed by atoms with Crippen LogP contribution >= 0.6 is 0 Å². The summed E-state index contributed by atoms with van der Waals surface area (Å²) in [5.74, 6) is 0.574. The molecule has 0 saturated carbocycles. The topological polar surface area (TPSA) is 91.3 Å². The van der Waals surface area contributed by atoms with Crippen molar-refractivity contribution >= 4 is 5.69 Å². The second-order valence-corrected chi connectivity index (χ2v) is 2.92. The Morgan fingerprint density at radius 3 is 2.81 bits per heavy atom. The zero-order valence-corrected chi connectivity index (χ0v) is 8.28. The monoisotopic (exact) mass is 221 g/mol. The maximum absolute atomic E-state index is 10.7. The van der Waals surface area contributed by atoms with E-state index in [1.807, 2.05) is 0 Å². The molecule has 2 aromatic rings. The second-order valence-electron chi connectivity index (χ2n) is 2.92. The SMILES string of the molecule is COc1cc(-c2nnco2)cc([N+](=O)[O-])c1. The Morgan fingerprint density at radius 1 is 1.44 bits per heavy atom. The van der Waals surface area contributed by atoms with E-state index >= 15 is 0 Å². The Bertz CT molecular complexity index is 509. The van der Waals surface area contributed by atoms with E-state index in [1.165, 1.54) is 19.2 Å². The molecule has 1 aromatic heterocycles. The van der Waals surface area contributed by atoms with Crippen molar-refractivity contribution in [1.29, 1.82) is 0 Å². The van der Waals surface area contributed by atoms with E-state index in [9.17, 15) is 10.1 Å². The lowest BCUT2D eigenvalue weighted by molar-refractivity contribution is -0.384. The van der Waals surface area contributed by atoms with E-state index in [2.05, 4.69) is 10.2 Å². The van der Waals surface area contributed by atoms with Crippen LogP contribution in [0.3, 0.4) is 0 Å². The van der Waals surface area contributed by atoms with Crippen molar-refractivity contribution in [3.63, 3.8) is 0 Å². The summed E-state index contributed by atoms with van der Waals surface area (Å²) in [6.45, 7) is 0. The molecule has 0 amide bonds. The molecule has 0 radical (unpaired) electrons. The van der Waals surface area contributed by atoms with Crippen molar-refractivity contribution in [2.75, 3.05) is 7.11 Å². The molecular formula is C9H7N3O4. The predicted molar refractivity (Wildman–Crippen MR) is 52.9 cm³/mol. The molecule has 0 spiro atoms. The van der Waals surface area contributed by atoms with Crippen LogP contribution in [0.2, 0.25) is 0 Å². The molecule has 0 aliphatic heterocycles. The number of non-ortho nitro benzene ring substituents is 1. The van der Waals surface area contributed by atoms with E-state index in [0.717, 1.165) is 6.39 Å². The summed E-state index contributed by atoms with van der Waals surface area (Å²) in [7, 11) is 1.43. The molecule has 1 aromatic carbocycles. The minimum atomic E-state index is -0.512. The molecule has 2 rings (SSSR count). The van der Waals surface area contributed by atoms with Crippen LogP contribution in [0.5, 0.6) is 5.75 Å². The molecule has 0 aliphatic carbocycles. The number of nitrogens with zero attached hydrogens (tertiary/aromatic N) is 3. The van der Waals surface area contributed by atoms with Gasteiger partial charge in [-0.05, 0) is 6.07 Å². The van der Waals surface area contributed by atoms with Crippen LogP contribution in [0.25, 0.3) is 11.5 Å². The molecule has 0 unspecified atom stereocenters. The zero-order chi connectivity index (χ0) is 11.5. The van der Waals surface area contributed by atoms with Crippen LogP contribution in [0.15, 0.2) is 29.0 Å². The van der Waals surface area contributed by atoms with Gasteiger partial charge in [0, 0.05) is 11.6 Å². The summed E-state index contributed by atoms with van der Waals surface area (Å²) < 4.78 is 9.90. The fourth-order valence-electron chi connectivity index (χ4n) is 1.23. The van der Waals surface area contributed by atoms with Crippen molar-refractivity contribution in [3.8, 4) is 17.2 Å². The highest BCUT2D eigenvalue weighted by Gasteiger charge is 2.13. The van der Waals surface area contributed by atoms with Gasteiger partial charge in [-0.2, -0.15) is 0 Å². The molecule has 7 nitrogen and oxygen atoms in total. The quantitative estimate of drug-likeness (QED) is 0.578. The van der Waals surface area contributed by atoms with Gasteiger partial charge in [0.1, 0.15) is 5.75 Å². The molecule has 0 fully saturated rings. The number of hydrogen-bond donors (Lipinski definition) is 0. The van der Waals surface area contributed by atoms with Gasteiger partial charge in [0.05, 0.1) is 18.1 Å². The highest BCUT2D eigenvalue weighted by atomic mass is 16.6. The van der Waals surface area contributed by atoms with Gasteiger partial charge in [0.15, 0.2) is 0 Å². The number of nitro groups is 1. The largest absolute Gasteiger partial charge is 0.496 e. The van der Waals surface area contributed by atoms with E-state index < -0.39 is 4.92 Å². The summed E-state index contributed by atoms with van der Waals surface area (Å²) in [5, 5.41) is 17.8. The highest BCUT2D eigenvalue weighted by molar-refractivity contribution is 5.60. The number of hydrogen-bond acceptors (Lipinski definition) is 6. The van der Waals surface area contributed by atoms with E-state index in [1.54, 1.807) is 6.07 Å². The van der Waals surface area contributed by atoms with Gasteiger partial charge < -0.3 is 9.15 Å². The van der Waals surface area contributed by atoms with Gasteiger partial charge in [-0.25, -0.2) is 0 Å². The Balaban J connectivity index is 2.53. The maximum Gasteiger partial charge on any atom is 0.273 e. The summed E-state index contributed by atoms with van der Waals surface area (Å²) in [6.07, 6.45) is 1.15. The first-order chi connectivity index (χ1) is 7.70. The summed E-state index contributed by atoms with van der Waals surface area (Å²) >= 11 is 0. The fraction of sp³-hybridized carbons (Fsp3) is 0.111. The third-order valence-corrected chi connectivity index (χ3v) is 1.94. The van der Waals surface area contributed by atoms with Crippen molar-refractivity contribution in [2.45, 2.75) is 0 Å². The van der Waals surface area contributed by atoms with Crippen LogP contribution in [-0.4, -0.2) is 22.2 Å². The lowest BCUT2D eigenvalue weighted by atomic mass is 10.2. The second kappa shape index (κ2) is 3.97. The van der Waals surface area contributed by atoms with Gasteiger partial charge in [-0.1, -0.05) is 0 Å². The number of methoxy groups -OCH3 is 1. The highest BCUT2D eigenvalue weighted by Crippen LogP contribution is 2.28. The zero-order valence-electron chi connectivity index (χ0n) is 8.28. The van der Waals surface area contributed by atoms with Gasteiger partial charge in [-0.3, -0.25) is 10.1 Å². The van der Waals surface area contributed by atoms with Gasteiger partial charge in [0.2, 0.25) is 12.3 Å². The summed E-state index contributed by atoms with van der Waals surface area (Å²) in [4.78, 5) is 10.2. The van der Waals surface area contributed by atoms with Crippen molar-refractivity contribution < 1.29 is 14.1 Å². The Labute approximate surface area is 89.8 Å². The van der Waals surface area contributed by atoms with E-state index in [0.29, 0.717) is 11.3 Å². The minimum Gasteiger partial charge on any atom is -0.496 e. The average Bonchev–Trinajstić information content (AvgIpc) is 2.81.